The van der Waals surface area contributed by atoms with Crippen LogP contribution in [0.2, 0.25) is 5.02 Å². The van der Waals surface area contributed by atoms with Gasteiger partial charge in [-0.25, -0.2) is 22.0 Å². The molecule has 0 heterocycles. The lowest BCUT2D eigenvalue weighted by Crippen LogP contribution is -2.30. The number of rotatable bonds is 9. The Balaban J connectivity index is 1.44. The Morgan fingerprint density at radius 3 is 2.05 bits per heavy atom. The summed E-state index contributed by atoms with van der Waals surface area (Å²) < 4.78 is 68.8. The van der Waals surface area contributed by atoms with Gasteiger partial charge in [-0.3, -0.25) is 14.4 Å². The van der Waals surface area contributed by atoms with Gasteiger partial charge in [0.25, 0.3) is 11.8 Å². The highest BCUT2D eigenvalue weighted by atomic mass is 35.5. The second kappa shape index (κ2) is 14.0. The quantitative estimate of drug-likeness (QED) is 0.0791. The summed E-state index contributed by atoms with van der Waals surface area (Å²) in [5.41, 5.74) is -1.14. The molecular weight excluding hydrogens is 613 g/mol. The fourth-order valence-electron chi connectivity index (χ4n) is 3.58. The number of nitrogens with one attached hydrogen (secondary N) is 3. The minimum atomic E-state index is -1.73. The van der Waals surface area contributed by atoms with E-state index in [2.05, 4.69) is 10.6 Å². The lowest BCUT2D eigenvalue weighted by molar-refractivity contribution is -0.114. The number of hydrogen-bond acceptors (Lipinski definition) is 4. The molecule has 6 nitrogen and oxygen atoms in total. The maximum atomic E-state index is 14.5. The molecule has 0 saturated heterocycles. The van der Waals surface area contributed by atoms with E-state index in [-0.39, 0.29) is 39.4 Å². The van der Waals surface area contributed by atoms with Crippen LogP contribution in [0.3, 0.4) is 0 Å². The number of hydrogen-bond donors (Lipinski definition) is 3. The highest BCUT2D eigenvalue weighted by Gasteiger charge is 2.21. The molecule has 0 aromatic heterocycles. The van der Waals surface area contributed by atoms with Crippen LogP contribution in [0, 0.1) is 29.1 Å². The molecule has 43 heavy (non-hydrogen) atoms. The van der Waals surface area contributed by atoms with Gasteiger partial charge in [0.05, 0.1) is 10.8 Å². The first-order valence-corrected chi connectivity index (χ1v) is 13.6. The van der Waals surface area contributed by atoms with Gasteiger partial charge in [-0.2, -0.15) is 0 Å². The third-order valence-electron chi connectivity index (χ3n) is 5.68. The summed E-state index contributed by atoms with van der Waals surface area (Å²) >= 11 is 7.04. The number of thioether (sulfide) groups is 1. The number of halogens is 6. The van der Waals surface area contributed by atoms with Gasteiger partial charge in [0.2, 0.25) is 5.91 Å². The monoisotopic (exact) mass is 631 g/mol. The van der Waals surface area contributed by atoms with Gasteiger partial charge in [-0.1, -0.05) is 35.9 Å². The Bertz CT molecular complexity index is 1670. The predicted molar refractivity (Wildman–Crippen MR) is 154 cm³/mol. The fourth-order valence-corrected chi connectivity index (χ4v) is 4.49. The van der Waals surface area contributed by atoms with E-state index in [1.165, 1.54) is 48.5 Å². The van der Waals surface area contributed by atoms with Gasteiger partial charge in [0.15, 0.2) is 23.3 Å². The lowest BCUT2D eigenvalue weighted by atomic mass is 10.1. The normalized spacial score (nSPS) is 11.2. The highest BCUT2D eigenvalue weighted by molar-refractivity contribution is 8.00. The molecule has 4 aromatic rings. The molecule has 0 spiro atoms. The van der Waals surface area contributed by atoms with Gasteiger partial charge in [0.1, 0.15) is 17.2 Å². The van der Waals surface area contributed by atoms with Crippen molar-refractivity contribution >= 4 is 58.5 Å². The molecule has 0 saturated carbocycles. The van der Waals surface area contributed by atoms with Crippen LogP contribution in [0.1, 0.15) is 15.9 Å². The van der Waals surface area contributed by atoms with Gasteiger partial charge in [-0.15, -0.1) is 11.8 Å². The van der Waals surface area contributed by atoms with Gasteiger partial charge >= 0.3 is 0 Å². The van der Waals surface area contributed by atoms with Gasteiger partial charge in [0, 0.05) is 27.8 Å². The first-order valence-electron chi connectivity index (χ1n) is 12.2. The number of amides is 3. The van der Waals surface area contributed by atoms with Crippen LogP contribution in [0.5, 0.6) is 0 Å². The summed E-state index contributed by atoms with van der Waals surface area (Å²) in [6.45, 7) is 0. The first kappa shape index (κ1) is 31.3. The molecule has 0 unspecified atom stereocenters. The average molecular weight is 632 g/mol. The second-order valence-electron chi connectivity index (χ2n) is 8.67. The molecule has 3 N–H and O–H groups in total. The van der Waals surface area contributed by atoms with Gasteiger partial charge in [-0.05, 0) is 54.6 Å². The first-order chi connectivity index (χ1) is 20.5. The van der Waals surface area contributed by atoms with Crippen LogP contribution >= 0.6 is 23.4 Å². The van der Waals surface area contributed by atoms with Crippen molar-refractivity contribution in [3.8, 4) is 0 Å². The molecule has 0 aliphatic rings. The summed E-state index contributed by atoms with van der Waals surface area (Å²) in [5.74, 6) is -10.2. The number of carbonyl (C=O) groups is 3. The van der Waals surface area contributed by atoms with E-state index >= 15 is 0 Å². The molecular formula is C30H19ClF5N3O3S. The van der Waals surface area contributed by atoms with E-state index in [0.29, 0.717) is 4.90 Å². The summed E-state index contributed by atoms with van der Waals surface area (Å²) in [6.07, 6.45) is 1.10. The van der Waals surface area contributed by atoms with Crippen molar-refractivity contribution in [3.63, 3.8) is 0 Å². The molecule has 0 aliphatic carbocycles. The molecule has 0 radical (unpaired) electrons. The Morgan fingerprint density at radius 2 is 1.42 bits per heavy atom. The zero-order chi connectivity index (χ0) is 31.1. The Morgan fingerprint density at radius 1 is 0.767 bits per heavy atom. The molecule has 0 bridgehead atoms. The molecule has 4 aromatic carbocycles. The van der Waals surface area contributed by atoms with Gasteiger partial charge < -0.3 is 16.0 Å². The molecule has 0 aliphatic heterocycles. The van der Waals surface area contributed by atoms with E-state index in [1.54, 1.807) is 18.2 Å². The molecule has 3 amide bonds. The van der Waals surface area contributed by atoms with Crippen molar-refractivity contribution in [2.75, 3.05) is 16.4 Å². The van der Waals surface area contributed by atoms with Crippen molar-refractivity contribution in [2.45, 2.75) is 4.90 Å². The van der Waals surface area contributed by atoms with Crippen LogP contribution in [0.15, 0.2) is 89.5 Å². The maximum absolute atomic E-state index is 14.5. The van der Waals surface area contributed by atoms with E-state index in [1.807, 2.05) is 5.32 Å². The third-order valence-corrected chi connectivity index (χ3v) is 7.02. The summed E-state index contributed by atoms with van der Waals surface area (Å²) in [4.78, 5) is 38.5. The maximum Gasteiger partial charge on any atom is 0.272 e. The lowest BCUT2D eigenvalue weighted by Gasteiger charge is -2.12. The molecule has 220 valence electrons. The largest absolute Gasteiger partial charge is 0.321 e. The minimum Gasteiger partial charge on any atom is -0.321 e. The van der Waals surface area contributed by atoms with Crippen LogP contribution in [0.4, 0.5) is 33.3 Å². The SMILES string of the molecule is O=C(CSc1ccc(NC(=O)/C(=C/c2c(F)cccc2Cl)NC(=O)c2ccccc2)cc1)Nc1c(F)c(F)cc(F)c1F. The van der Waals surface area contributed by atoms with Crippen LogP contribution in [-0.2, 0) is 9.59 Å². The van der Waals surface area contributed by atoms with Crippen molar-refractivity contribution in [2.24, 2.45) is 0 Å². The Hall–Kier alpha value is -4.68. The minimum absolute atomic E-state index is 0.0117. The zero-order valence-electron chi connectivity index (χ0n) is 21.7. The summed E-state index contributed by atoms with van der Waals surface area (Å²) in [7, 11) is 0. The summed E-state index contributed by atoms with van der Waals surface area (Å²) in [5, 5.41) is 6.87. The number of carbonyl (C=O) groups excluding carboxylic acids is 3. The van der Waals surface area contributed by atoms with E-state index < -0.39 is 52.5 Å². The zero-order valence-corrected chi connectivity index (χ0v) is 23.3. The second-order valence-corrected chi connectivity index (χ2v) is 10.1. The topological polar surface area (TPSA) is 87.3 Å². The van der Waals surface area contributed by atoms with Crippen LogP contribution < -0.4 is 16.0 Å². The van der Waals surface area contributed by atoms with Crippen molar-refractivity contribution in [3.05, 3.63) is 130 Å². The molecule has 4 rings (SSSR count). The van der Waals surface area contributed by atoms with E-state index in [4.69, 9.17) is 11.6 Å². The van der Waals surface area contributed by atoms with E-state index in [0.717, 1.165) is 23.9 Å². The summed E-state index contributed by atoms with van der Waals surface area (Å²) in [6, 6.07) is 18.0. The van der Waals surface area contributed by atoms with Crippen molar-refractivity contribution in [1.82, 2.24) is 5.32 Å². The predicted octanol–water partition coefficient (Wildman–Crippen LogP) is 7.18. The smallest absolute Gasteiger partial charge is 0.272 e. The molecule has 13 heteroatoms. The van der Waals surface area contributed by atoms with Crippen molar-refractivity contribution < 1.29 is 36.3 Å². The highest BCUT2D eigenvalue weighted by Crippen LogP contribution is 2.26. The molecule has 0 atom stereocenters. The number of anilines is 2. The van der Waals surface area contributed by atoms with Crippen molar-refractivity contribution in [1.29, 1.82) is 0 Å². The number of benzene rings is 4. The van der Waals surface area contributed by atoms with Crippen LogP contribution in [-0.4, -0.2) is 23.5 Å². The molecule has 0 fully saturated rings. The van der Waals surface area contributed by atoms with Crippen LogP contribution in [0.25, 0.3) is 6.08 Å². The van der Waals surface area contributed by atoms with E-state index in [9.17, 15) is 36.3 Å². The average Bonchev–Trinajstić information content (AvgIpc) is 2.99. The fraction of sp³-hybridized carbons (Fsp3) is 0.0333. The third kappa shape index (κ3) is 7.99. The Labute approximate surface area is 250 Å². The standard InChI is InChI=1S/C30H19ClF5N3O3S/c31-20-7-4-8-21(32)19(20)13-24(38-29(41)16-5-2-1-3-6-16)30(42)37-17-9-11-18(12-10-17)43-15-25(40)39-28-26(35)22(33)14-23(34)27(28)36/h1-14H,15H2,(H,37,42)(H,38,41)(H,39,40)/b24-13-. The Kier molecular flexibility index (Phi) is 10.2.